The van der Waals surface area contributed by atoms with Crippen molar-refractivity contribution < 1.29 is 9.53 Å². The Morgan fingerprint density at radius 1 is 1.24 bits per heavy atom. The van der Waals surface area contributed by atoms with E-state index in [-0.39, 0.29) is 5.97 Å². The SMILES string of the molecule is CC(C)(C)OC(=O)C(C)(C)CCCCN=[N+]=[N-]. The van der Waals surface area contributed by atoms with Gasteiger partial charge in [-0.05, 0) is 53.0 Å². The number of hydrogen-bond donors (Lipinski definition) is 0. The molecule has 0 aromatic rings. The predicted molar refractivity (Wildman–Crippen MR) is 67.5 cm³/mol. The molecule has 0 saturated heterocycles. The normalized spacial score (nSPS) is 11.8. The molecular weight excluding hydrogens is 218 g/mol. The lowest BCUT2D eigenvalue weighted by atomic mass is 9.87. The molecule has 0 aliphatic rings. The molecule has 0 unspecified atom stereocenters. The molecule has 0 amide bonds. The number of azide groups is 1. The van der Waals surface area contributed by atoms with E-state index in [0.717, 1.165) is 19.3 Å². The van der Waals surface area contributed by atoms with Gasteiger partial charge in [0.2, 0.25) is 0 Å². The number of hydrogen-bond acceptors (Lipinski definition) is 3. The van der Waals surface area contributed by atoms with E-state index in [4.69, 9.17) is 10.3 Å². The molecule has 0 saturated carbocycles. The van der Waals surface area contributed by atoms with Gasteiger partial charge in [-0.1, -0.05) is 11.5 Å². The molecule has 0 fully saturated rings. The first-order chi connectivity index (χ1) is 7.69. The molecule has 0 bridgehead atoms. The molecule has 0 atom stereocenters. The summed E-state index contributed by atoms with van der Waals surface area (Å²) in [5, 5.41) is 3.46. The van der Waals surface area contributed by atoms with Crippen LogP contribution in [0.5, 0.6) is 0 Å². The molecule has 0 aliphatic heterocycles. The van der Waals surface area contributed by atoms with Crippen LogP contribution in [0.1, 0.15) is 53.9 Å². The molecule has 0 heterocycles. The van der Waals surface area contributed by atoms with Gasteiger partial charge >= 0.3 is 5.97 Å². The van der Waals surface area contributed by atoms with Gasteiger partial charge in [0, 0.05) is 11.5 Å². The quantitative estimate of drug-likeness (QED) is 0.233. The Labute approximate surface area is 103 Å². The van der Waals surface area contributed by atoms with Gasteiger partial charge in [0.25, 0.3) is 0 Å². The monoisotopic (exact) mass is 241 g/mol. The molecule has 0 aliphatic carbocycles. The van der Waals surface area contributed by atoms with Crippen molar-refractivity contribution in [3.05, 3.63) is 10.4 Å². The van der Waals surface area contributed by atoms with Gasteiger partial charge in [0.1, 0.15) is 5.60 Å². The number of esters is 1. The first-order valence-electron chi connectivity index (χ1n) is 5.93. The van der Waals surface area contributed by atoms with Gasteiger partial charge in [0.15, 0.2) is 0 Å². The average Bonchev–Trinajstić information content (AvgIpc) is 2.14. The lowest BCUT2D eigenvalue weighted by molar-refractivity contribution is -0.166. The molecule has 17 heavy (non-hydrogen) atoms. The summed E-state index contributed by atoms with van der Waals surface area (Å²) in [4.78, 5) is 14.6. The van der Waals surface area contributed by atoms with E-state index in [1.807, 2.05) is 34.6 Å². The van der Waals surface area contributed by atoms with Crippen molar-refractivity contribution in [2.24, 2.45) is 10.5 Å². The number of carbonyl (C=O) groups excluding carboxylic acids is 1. The standard InChI is InChI=1S/C12H23N3O2/c1-11(2,3)17-10(16)12(4,5)8-6-7-9-14-15-13/h6-9H2,1-5H3. The number of nitrogens with zero attached hydrogens (tertiary/aromatic N) is 3. The predicted octanol–water partition coefficient (Wildman–Crippen LogP) is 3.83. The molecular formula is C12H23N3O2. The summed E-state index contributed by atoms with van der Waals surface area (Å²) in [5.41, 5.74) is 7.20. The Morgan fingerprint density at radius 3 is 2.29 bits per heavy atom. The van der Waals surface area contributed by atoms with E-state index in [0.29, 0.717) is 6.54 Å². The van der Waals surface area contributed by atoms with Gasteiger partial charge < -0.3 is 4.74 Å². The average molecular weight is 241 g/mol. The third-order valence-corrected chi connectivity index (χ3v) is 2.32. The van der Waals surface area contributed by atoms with Crippen molar-refractivity contribution in [2.45, 2.75) is 59.5 Å². The van der Waals surface area contributed by atoms with Gasteiger partial charge in [-0.3, -0.25) is 4.79 Å². The van der Waals surface area contributed by atoms with E-state index in [1.165, 1.54) is 0 Å². The lowest BCUT2D eigenvalue weighted by Gasteiger charge is -2.28. The Hall–Kier alpha value is -1.22. The topological polar surface area (TPSA) is 75.1 Å². The molecule has 0 radical (unpaired) electrons. The Kier molecular flexibility index (Phi) is 6.03. The Bertz CT molecular complexity index is 299. The van der Waals surface area contributed by atoms with Gasteiger partial charge in [-0.15, -0.1) is 0 Å². The van der Waals surface area contributed by atoms with Gasteiger partial charge in [-0.25, -0.2) is 0 Å². The van der Waals surface area contributed by atoms with Crippen molar-refractivity contribution >= 4 is 5.97 Å². The van der Waals surface area contributed by atoms with Crippen LogP contribution in [-0.4, -0.2) is 18.1 Å². The zero-order valence-electron chi connectivity index (χ0n) is 11.5. The maximum absolute atomic E-state index is 11.9. The Morgan fingerprint density at radius 2 is 1.82 bits per heavy atom. The summed E-state index contributed by atoms with van der Waals surface area (Å²) >= 11 is 0. The first kappa shape index (κ1) is 15.8. The summed E-state index contributed by atoms with van der Waals surface area (Å²) in [7, 11) is 0. The fourth-order valence-corrected chi connectivity index (χ4v) is 1.31. The summed E-state index contributed by atoms with van der Waals surface area (Å²) < 4.78 is 5.36. The molecule has 0 N–H and O–H groups in total. The van der Waals surface area contributed by atoms with Crippen LogP contribution in [0.15, 0.2) is 5.11 Å². The van der Waals surface area contributed by atoms with Crippen molar-refractivity contribution in [1.29, 1.82) is 0 Å². The highest BCUT2D eigenvalue weighted by molar-refractivity contribution is 5.76. The molecule has 0 aromatic heterocycles. The van der Waals surface area contributed by atoms with Crippen LogP contribution >= 0.6 is 0 Å². The first-order valence-corrected chi connectivity index (χ1v) is 5.93. The number of rotatable bonds is 6. The van der Waals surface area contributed by atoms with E-state index < -0.39 is 11.0 Å². The molecule has 0 aromatic carbocycles. The van der Waals surface area contributed by atoms with E-state index in [2.05, 4.69) is 10.0 Å². The summed E-state index contributed by atoms with van der Waals surface area (Å²) in [6.07, 6.45) is 2.39. The van der Waals surface area contributed by atoms with Crippen molar-refractivity contribution in [1.82, 2.24) is 0 Å². The largest absolute Gasteiger partial charge is 0.460 e. The highest BCUT2D eigenvalue weighted by Gasteiger charge is 2.31. The maximum Gasteiger partial charge on any atom is 0.312 e. The fraction of sp³-hybridized carbons (Fsp3) is 0.917. The zero-order chi connectivity index (χ0) is 13.5. The third kappa shape index (κ3) is 7.64. The lowest BCUT2D eigenvalue weighted by Crippen LogP contribution is -2.33. The molecule has 98 valence electrons. The van der Waals surface area contributed by atoms with Crippen LogP contribution in [0.25, 0.3) is 10.4 Å². The van der Waals surface area contributed by atoms with Crippen LogP contribution in [0.4, 0.5) is 0 Å². The van der Waals surface area contributed by atoms with Crippen molar-refractivity contribution in [3.63, 3.8) is 0 Å². The van der Waals surface area contributed by atoms with Gasteiger partial charge in [0.05, 0.1) is 5.41 Å². The van der Waals surface area contributed by atoms with E-state index >= 15 is 0 Å². The van der Waals surface area contributed by atoms with Crippen LogP contribution in [0.3, 0.4) is 0 Å². The number of ether oxygens (including phenoxy) is 1. The zero-order valence-corrected chi connectivity index (χ0v) is 11.5. The summed E-state index contributed by atoms with van der Waals surface area (Å²) in [5.74, 6) is -0.172. The van der Waals surface area contributed by atoms with Gasteiger partial charge in [-0.2, -0.15) is 0 Å². The second kappa shape index (κ2) is 6.50. The van der Waals surface area contributed by atoms with Crippen molar-refractivity contribution in [3.8, 4) is 0 Å². The van der Waals surface area contributed by atoms with Crippen molar-refractivity contribution in [2.75, 3.05) is 6.54 Å². The smallest absolute Gasteiger partial charge is 0.312 e. The minimum Gasteiger partial charge on any atom is -0.460 e. The van der Waals surface area contributed by atoms with Crippen LogP contribution in [-0.2, 0) is 9.53 Å². The van der Waals surface area contributed by atoms with E-state index in [9.17, 15) is 4.79 Å². The second-order valence-electron chi connectivity index (χ2n) is 5.80. The van der Waals surface area contributed by atoms with E-state index in [1.54, 1.807) is 0 Å². The van der Waals surface area contributed by atoms with Crippen LogP contribution < -0.4 is 0 Å². The van der Waals surface area contributed by atoms with Crippen LogP contribution in [0.2, 0.25) is 0 Å². The maximum atomic E-state index is 11.9. The molecule has 0 spiro atoms. The number of unbranched alkanes of at least 4 members (excludes halogenated alkanes) is 1. The van der Waals surface area contributed by atoms with Crippen LogP contribution in [0, 0.1) is 5.41 Å². The highest BCUT2D eigenvalue weighted by Crippen LogP contribution is 2.27. The highest BCUT2D eigenvalue weighted by atomic mass is 16.6. The minimum atomic E-state index is -0.483. The molecule has 0 rings (SSSR count). The second-order valence-corrected chi connectivity index (χ2v) is 5.80. The molecule has 5 nitrogen and oxygen atoms in total. The molecule has 5 heteroatoms. The Balaban J connectivity index is 4.09. The minimum absolute atomic E-state index is 0.172. The fourth-order valence-electron chi connectivity index (χ4n) is 1.31. The third-order valence-electron chi connectivity index (χ3n) is 2.32. The summed E-state index contributed by atoms with van der Waals surface area (Å²) in [6, 6.07) is 0. The number of carbonyl (C=O) groups is 1. The summed E-state index contributed by atoms with van der Waals surface area (Å²) in [6.45, 7) is 9.85.